The molecule has 0 unspecified atom stereocenters. The summed E-state index contributed by atoms with van der Waals surface area (Å²) >= 11 is 2.15. The molecule has 32 heavy (non-hydrogen) atoms. The highest BCUT2D eigenvalue weighted by Crippen LogP contribution is 2.25. The Balaban J connectivity index is 1.85. The molecule has 1 amide bonds. The van der Waals surface area contributed by atoms with E-state index in [0.29, 0.717) is 16.9 Å². The molecule has 0 atom stereocenters. The third-order valence-corrected chi connectivity index (χ3v) is 6.10. The molecule has 0 aliphatic carbocycles. The highest BCUT2D eigenvalue weighted by molar-refractivity contribution is 14.1. The summed E-state index contributed by atoms with van der Waals surface area (Å²) in [5.74, 6) is -0.0646. The van der Waals surface area contributed by atoms with E-state index in [1.807, 2.05) is 45.0 Å². The van der Waals surface area contributed by atoms with Gasteiger partial charge in [-0.05, 0) is 85.3 Å². The van der Waals surface area contributed by atoms with Crippen molar-refractivity contribution in [1.82, 2.24) is 9.99 Å². The van der Waals surface area contributed by atoms with Gasteiger partial charge in [0, 0.05) is 28.2 Å². The molecule has 0 saturated carbocycles. The molecule has 0 saturated heterocycles. The number of aromatic nitrogens is 1. The summed E-state index contributed by atoms with van der Waals surface area (Å²) in [6.45, 7) is 5.83. The summed E-state index contributed by atoms with van der Waals surface area (Å²) in [5.41, 5.74) is 8.01. The monoisotopic (exact) mass is 545 g/mol. The fraction of sp³-hybridized carbons (Fsp3) is 0.208. The second-order valence-corrected chi connectivity index (χ2v) is 8.31. The van der Waals surface area contributed by atoms with E-state index in [2.05, 4.69) is 37.7 Å². The molecule has 0 spiro atoms. The van der Waals surface area contributed by atoms with Gasteiger partial charge in [-0.15, -0.1) is 0 Å². The fourth-order valence-corrected chi connectivity index (χ4v) is 4.07. The summed E-state index contributed by atoms with van der Waals surface area (Å²) in [5, 5.41) is 4.13. The Bertz CT molecular complexity index is 1210. The average molecular weight is 545 g/mol. The van der Waals surface area contributed by atoms with Gasteiger partial charge < -0.3 is 14.0 Å². The summed E-state index contributed by atoms with van der Waals surface area (Å²) in [4.78, 5) is 24.5. The third-order valence-electron chi connectivity index (χ3n) is 5.20. The second kappa shape index (κ2) is 9.99. The number of carbonyl (C=O) groups excluding carboxylic acids is 2. The molecule has 3 aromatic rings. The van der Waals surface area contributed by atoms with Crippen molar-refractivity contribution in [2.24, 2.45) is 5.10 Å². The van der Waals surface area contributed by atoms with Crippen LogP contribution in [0.3, 0.4) is 0 Å². The summed E-state index contributed by atoms with van der Waals surface area (Å²) < 4.78 is 13.1. The lowest BCUT2D eigenvalue weighted by Gasteiger charge is -2.15. The normalized spacial score (nSPS) is 10.9. The molecule has 0 radical (unpaired) electrons. The van der Waals surface area contributed by atoms with Crippen LogP contribution < -0.4 is 10.2 Å². The van der Waals surface area contributed by atoms with Gasteiger partial charge in [0.2, 0.25) is 0 Å². The molecule has 8 heteroatoms. The maximum absolute atomic E-state index is 12.4. The molecule has 0 fully saturated rings. The average Bonchev–Trinajstić information content (AvgIpc) is 3.06. The number of methoxy groups -OCH3 is 2. The number of hydrazone groups is 1. The van der Waals surface area contributed by atoms with Crippen molar-refractivity contribution in [2.75, 3.05) is 14.2 Å². The maximum Gasteiger partial charge on any atom is 0.338 e. The van der Waals surface area contributed by atoms with Gasteiger partial charge in [0.1, 0.15) is 5.75 Å². The first-order chi connectivity index (χ1) is 15.3. The van der Waals surface area contributed by atoms with Crippen molar-refractivity contribution < 1.29 is 19.1 Å². The van der Waals surface area contributed by atoms with E-state index >= 15 is 0 Å². The van der Waals surface area contributed by atoms with Gasteiger partial charge in [-0.3, -0.25) is 4.79 Å². The highest BCUT2D eigenvalue weighted by atomic mass is 127. The molecule has 0 aliphatic heterocycles. The number of nitrogens with zero attached hydrogens (tertiary/aromatic N) is 2. The molecule has 166 valence electrons. The number of rotatable bonds is 6. The maximum atomic E-state index is 12.4. The minimum absolute atomic E-state index is 0.327. The van der Waals surface area contributed by atoms with E-state index in [9.17, 15) is 9.59 Å². The number of hydrogen-bond acceptors (Lipinski definition) is 5. The van der Waals surface area contributed by atoms with Gasteiger partial charge in [-0.2, -0.15) is 5.10 Å². The largest absolute Gasteiger partial charge is 0.496 e. The van der Waals surface area contributed by atoms with E-state index in [0.717, 1.165) is 31.8 Å². The van der Waals surface area contributed by atoms with Crippen molar-refractivity contribution in [1.29, 1.82) is 0 Å². The molecular weight excluding hydrogens is 521 g/mol. The van der Waals surface area contributed by atoms with Crippen LogP contribution in [-0.4, -0.2) is 36.9 Å². The number of amides is 1. The van der Waals surface area contributed by atoms with Gasteiger partial charge in [-0.25, -0.2) is 10.2 Å². The first-order valence-corrected chi connectivity index (χ1v) is 10.9. The van der Waals surface area contributed by atoms with Crippen molar-refractivity contribution in [3.05, 3.63) is 79.7 Å². The van der Waals surface area contributed by atoms with Gasteiger partial charge in [0.25, 0.3) is 5.91 Å². The Hall–Kier alpha value is -3.14. The Kier molecular flexibility index (Phi) is 7.34. The fourth-order valence-electron chi connectivity index (χ4n) is 3.51. The number of nitrogens with one attached hydrogen (secondary N) is 1. The van der Waals surface area contributed by atoms with Crippen LogP contribution in [0.5, 0.6) is 5.75 Å². The highest BCUT2D eigenvalue weighted by Gasteiger charge is 2.16. The minimum atomic E-state index is -0.372. The summed E-state index contributed by atoms with van der Waals surface area (Å²) in [7, 11) is 2.94. The van der Waals surface area contributed by atoms with Crippen LogP contribution in [-0.2, 0) is 4.74 Å². The minimum Gasteiger partial charge on any atom is -0.496 e. The smallest absolute Gasteiger partial charge is 0.338 e. The van der Waals surface area contributed by atoms with Crippen LogP contribution in [0.15, 0.2) is 47.6 Å². The summed E-state index contributed by atoms with van der Waals surface area (Å²) in [6, 6.07) is 12.7. The van der Waals surface area contributed by atoms with Crippen LogP contribution in [0.1, 0.15) is 43.2 Å². The lowest BCUT2D eigenvalue weighted by Crippen LogP contribution is -2.17. The SMILES string of the molecule is COC(=O)c1cccc(-n2c(C)cc(/C=N\NC(=O)c3ccc(I)c(OC)c3)c2C)c1C. The lowest BCUT2D eigenvalue weighted by molar-refractivity contribution is 0.0599. The van der Waals surface area contributed by atoms with E-state index < -0.39 is 0 Å². The molecule has 3 rings (SSSR count). The van der Waals surface area contributed by atoms with Crippen LogP contribution >= 0.6 is 22.6 Å². The number of benzene rings is 2. The number of halogens is 1. The molecule has 1 heterocycles. The lowest BCUT2D eigenvalue weighted by atomic mass is 10.1. The third kappa shape index (κ3) is 4.69. The molecule has 0 aliphatic rings. The van der Waals surface area contributed by atoms with Crippen molar-refractivity contribution in [3.63, 3.8) is 0 Å². The Labute approximate surface area is 200 Å². The standard InChI is InChI=1S/C24H24IN3O4/c1-14-11-18(13-26-27-23(29)17-9-10-20(25)22(12-17)31-4)16(3)28(14)21-8-6-7-19(15(21)2)24(30)32-5/h6-13H,1-5H3,(H,27,29)/b26-13-. The van der Waals surface area contributed by atoms with Crippen LogP contribution in [0, 0.1) is 24.3 Å². The van der Waals surface area contributed by atoms with E-state index in [-0.39, 0.29) is 11.9 Å². The van der Waals surface area contributed by atoms with Gasteiger partial charge in [0.05, 0.1) is 29.6 Å². The molecular formula is C24H24IN3O4. The predicted octanol–water partition coefficient (Wildman–Crippen LogP) is 4.57. The predicted molar refractivity (Wildman–Crippen MR) is 132 cm³/mol. The van der Waals surface area contributed by atoms with Crippen LogP contribution in [0.4, 0.5) is 0 Å². The van der Waals surface area contributed by atoms with Crippen LogP contribution in [0.25, 0.3) is 5.69 Å². The molecule has 1 aromatic heterocycles. The zero-order chi connectivity index (χ0) is 23.4. The quantitative estimate of drug-likeness (QED) is 0.213. The molecule has 2 aromatic carbocycles. The van der Waals surface area contributed by atoms with Crippen LogP contribution in [0.2, 0.25) is 0 Å². The van der Waals surface area contributed by atoms with Crippen molar-refractivity contribution >= 4 is 40.7 Å². The van der Waals surface area contributed by atoms with Gasteiger partial charge in [-0.1, -0.05) is 6.07 Å². The first kappa shape index (κ1) is 23.5. The molecule has 7 nitrogen and oxygen atoms in total. The summed E-state index contributed by atoms with van der Waals surface area (Å²) in [6.07, 6.45) is 1.61. The number of carbonyl (C=O) groups is 2. The van der Waals surface area contributed by atoms with Gasteiger partial charge in [0.15, 0.2) is 0 Å². The second-order valence-electron chi connectivity index (χ2n) is 7.15. The Morgan fingerprint density at radius 3 is 2.53 bits per heavy atom. The topological polar surface area (TPSA) is 81.9 Å². The zero-order valence-electron chi connectivity index (χ0n) is 18.5. The number of aryl methyl sites for hydroxylation is 1. The Morgan fingerprint density at radius 1 is 1.09 bits per heavy atom. The molecule has 1 N–H and O–H groups in total. The molecule has 0 bridgehead atoms. The Morgan fingerprint density at radius 2 is 1.84 bits per heavy atom. The van der Waals surface area contributed by atoms with E-state index in [1.54, 1.807) is 31.5 Å². The van der Waals surface area contributed by atoms with E-state index in [4.69, 9.17) is 9.47 Å². The van der Waals surface area contributed by atoms with E-state index in [1.165, 1.54) is 7.11 Å². The number of hydrogen-bond donors (Lipinski definition) is 1. The van der Waals surface area contributed by atoms with Crippen molar-refractivity contribution in [3.8, 4) is 11.4 Å². The number of ether oxygens (including phenoxy) is 2. The van der Waals surface area contributed by atoms with Crippen molar-refractivity contribution in [2.45, 2.75) is 20.8 Å². The van der Waals surface area contributed by atoms with Gasteiger partial charge >= 0.3 is 5.97 Å². The number of esters is 1. The zero-order valence-corrected chi connectivity index (χ0v) is 20.7. The first-order valence-electron chi connectivity index (χ1n) is 9.82.